The fourth-order valence-electron chi connectivity index (χ4n) is 2.47. The standard InChI is InChI=1S/C12H19NO19S3.Na/c14-2-4(13-33(20,21)22)8(17)9(6(16)3-29-34(23,24)25)31-12-10(32-35(26,27)28)5(15)1-7(30-12)11(18)19;/h1-2,4-6,8-10,12-13,15-17H,3H2,(H,18,19)(H,20,21,22)(H,23,24,25)(H,26,27,28);. The first kappa shape index (κ1) is 35.1. The fraction of sp³-hybridized carbons (Fsp3) is 0.667. The summed E-state index contributed by atoms with van der Waals surface area (Å²) in [5, 5.41) is 39.5. The van der Waals surface area contributed by atoms with E-state index in [1.165, 1.54) is 4.72 Å². The number of nitrogens with one attached hydrogen (secondary N) is 1. The first-order valence-corrected chi connectivity index (χ1v) is 12.7. The van der Waals surface area contributed by atoms with Gasteiger partial charge in [-0.1, -0.05) is 0 Å². The Kier molecular flexibility index (Phi) is 13.5. The third kappa shape index (κ3) is 12.1. The van der Waals surface area contributed by atoms with Crippen molar-refractivity contribution in [2.75, 3.05) is 6.61 Å². The number of carbonyl (C=O) groups excluding carboxylic acids is 1. The Morgan fingerprint density at radius 2 is 1.67 bits per heavy atom. The van der Waals surface area contributed by atoms with Crippen LogP contribution in [-0.2, 0) is 58.5 Å². The first-order valence-electron chi connectivity index (χ1n) is 8.53. The molecule has 0 fully saturated rings. The summed E-state index contributed by atoms with van der Waals surface area (Å²) in [5.74, 6) is -3.01. The zero-order chi connectivity index (χ0) is 27.4. The molecule has 1 radical (unpaired) electrons. The van der Waals surface area contributed by atoms with Gasteiger partial charge in [-0.25, -0.2) is 13.2 Å². The fourth-order valence-corrected chi connectivity index (χ4v) is 3.81. The van der Waals surface area contributed by atoms with Gasteiger partial charge in [-0.15, -0.1) is 0 Å². The number of ether oxygens (including phenoxy) is 2. The van der Waals surface area contributed by atoms with Gasteiger partial charge in [-0.3, -0.25) is 13.7 Å². The molecule has 0 amide bonds. The molecule has 0 aromatic heterocycles. The van der Waals surface area contributed by atoms with E-state index in [9.17, 15) is 50.2 Å². The molecule has 24 heteroatoms. The SMILES string of the molecule is O=CC(NS(=O)(=O)O)C(O)C(OC1OC(C(=O)O)=CC(O)C1OS(=O)(=O)O)C(O)COS(=O)(=O)O.[Na]. The maximum Gasteiger partial charge on any atom is 0.397 e. The number of aliphatic carboxylic acids is 1. The van der Waals surface area contributed by atoms with E-state index in [1.54, 1.807) is 0 Å². The van der Waals surface area contributed by atoms with Crippen LogP contribution < -0.4 is 4.72 Å². The number of aliphatic hydroxyl groups is 3. The van der Waals surface area contributed by atoms with Crippen LogP contribution in [-0.4, -0.2) is 151 Å². The number of hydrogen-bond acceptors (Lipinski definition) is 15. The van der Waals surface area contributed by atoms with Gasteiger partial charge in [-0.05, 0) is 6.08 Å². The molecule has 36 heavy (non-hydrogen) atoms. The maximum atomic E-state index is 11.2. The zero-order valence-electron chi connectivity index (χ0n) is 17.7. The quantitative estimate of drug-likeness (QED) is 0.0523. The molecular formula is C12H19NNaO19S3. The number of carbonyl (C=O) groups is 2. The largest absolute Gasteiger partial charge is 0.475 e. The summed E-state index contributed by atoms with van der Waals surface area (Å²) >= 11 is 0. The molecule has 0 saturated heterocycles. The Bertz CT molecular complexity index is 1120. The molecule has 1 aliphatic rings. The van der Waals surface area contributed by atoms with Gasteiger partial charge in [0.05, 0.1) is 6.61 Å². The van der Waals surface area contributed by atoms with Gasteiger partial charge in [0.15, 0.2) is 6.10 Å². The number of carboxylic acids is 1. The average Bonchev–Trinajstić information content (AvgIpc) is 2.67. The summed E-state index contributed by atoms with van der Waals surface area (Å²) in [6, 6.07) is -2.38. The normalized spacial score (nSPS) is 24.3. The minimum atomic E-state index is -5.42. The van der Waals surface area contributed by atoms with E-state index < -0.39 is 92.3 Å². The van der Waals surface area contributed by atoms with Crippen molar-refractivity contribution in [1.82, 2.24) is 4.72 Å². The molecule has 1 rings (SSSR count). The van der Waals surface area contributed by atoms with Gasteiger partial charge in [0.25, 0.3) is 0 Å². The van der Waals surface area contributed by atoms with Crippen molar-refractivity contribution in [3.05, 3.63) is 11.8 Å². The Balaban J connectivity index is 0.0000122. The van der Waals surface area contributed by atoms with Gasteiger partial charge >= 0.3 is 37.1 Å². The maximum absolute atomic E-state index is 11.2. The molecule has 0 spiro atoms. The zero-order valence-corrected chi connectivity index (χ0v) is 22.1. The molecule has 1 heterocycles. The molecule has 20 nitrogen and oxygen atoms in total. The molecule has 0 aromatic rings. The van der Waals surface area contributed by atoms with Gasteiger partial charge in [0.2, 0.25) is 12.0 Å². The average molecular weight is 600 g/mol. The number of rotatable bonds is 14. The van der Waals surface area contributed by atoms with E-state index in [4.69, 9.17) is 28.2 Å². The predicted molar refractivity (Wildman–Crippen MR) is 108 cm³/mol. The second-order valence-corrected chi connectivity index (χ2v) is 9.75. The third-order valence-electron chi connectivity index (χ3n) is 3.81. The monoisotopic (exact) mass is 600 g/mol. The van der Waals surface area contributed by atoms with E-state index in [-0.39, 0.29) is 35.8 Å². The van der Waals surface area contributed by atoms with Crippen LogP contribution in [0.25, 0.3) is 0 Å². The topological polar surface area (TPSA) is 327 Å². The molecule has 0 aromatic carbocycles. The van der Waals surface area contributed by atoms with Gasteiger partial charge in [-0.2, -0.15) is 30.0 Å². The summed E-state index contributed by atoms with van der Waals surface area (Å²) in [5.41, 5.74) is 0. The smallest absolute Gasteiger partial charge is 0.397 e. The van der Waals surface area contributed by atoms with Crippen LogP contribution in [0.4, 0.5) is 0 Å². The molecule has 205 valence electrons. The van der Waals surface area contributed by atoms with Crippen LogP contribution in [0.2, 0.25) is 0 Å². The van der Waals surface area contributed by atoms with Crippen molar-refractivity contribution in [3.8, 4) is 0 Å². The van der Waals surface area contributed by atoms with Crippen LogP contribution in [0.1, 0.15) is 0 Å². The van der Waals surface area contributed by atoms with Gasteiger partial charge < -0.3 is 34.7 Å². The van der Waals surface area contributed by atoms with E-state index in [1.807, 2.05) is 0 Å². The van der Waals surface area contributed by atoms with Crippen molar-refractivity contribution in [3.63, 3.8) is 0 Å². The van der Waals surface area contributed by atoms with Crippen LogP contribution in [0.15, 0.2) is 11.8 Å². The van der Waals surface area contributed by atoms with E-state index in [2.05, 4.69) is 8.37 Å². The Labute approximate surface area is 224 Å². The summed E-state index contributed by atoms with van der Waals surface area (Å²) in [7, 11) is -15.9. The van der Waals surface area contributed by atoms with Crippen LogP contribution >= 0.6 is 0 Å². The summed E-state index contributed by atoms with van der Waals surface area (Å²) in [6.07, 6.45) is -14.7. The summed E-state index contributed by atoms with van der Waals surface area (Å²) in [6.45, 7) is -1.49. The van der Waals surface area contributed by atoms with Crippen molar-refractivity contribution >= 4 is 72.9 Å². The van der Waals surface area contributed by atoms with Gasteiger partial charge in [0.1, 0.15) is 36.7 Å². The number of aldehydes is 1. The second kappa shape index (κ2) is 13.8. The van der Waals surface area contributed by atoms with Crippen molar-refractivity contribution < 1.29 is 86.8 Å². The third-order valence-corrected chi connectivity index (χ3v) is 5.28. The second-order valence-electron chi connectivity index (χ2n) is 6.43. The van der Waals surface area contributed by atoms with Crippen molar-refractivity contribution in [2.45, 2.75) is 42.9 Å². The summed E-state index contributed by atoms with van der Waals surface area (Å²) < 4.78 is 111. The first-order chi connectivity index (χ1) is 15.7. The summed E-state index contributed by atoms with van der Waals surface area (Å²) in [4.78, 5) is 22.4. The minimum Gasteiger partial charge on any atom is -0.475 e. The van der Waals surface area contributed by atoms with Crippen LogP contribution in [0.5, 0.6) is 0 Å². The molecule has 8 N–H and O–H groups in total. The molecule has 1 aliphatic heterocycles. The number of carboxylic acid groups (broad SMARTS) is 1. The molecule has 0 bridgehead atoms. The van der Waals surface area contributed by atoms with E-state index >= 15 is 0 Å². The Morgan fingerprint density at radius 1 is 1.11 bits per heavy atom. The van der Waals surface area contributed by atoms with Gasteiger partial charge in [0, 0.05) is 29.6 Å². The van der Waals surface area contributed by atoms with E-state index in [0.717, 1.165) is 0 Å². The van der Waals surface area contributed by atoms with Crippen molar-refractivity contribution in [1.29, 1.82) is 0 Å². The van der Waals surface area contributed by atoms with Crippen LogP contribution in [0, 0.1) is 0 Å². The molecule has 0 saturated carbocycles. The minimum absolute atomic E-state index is 0. The van der Waals surface area contributed by atoms with Crippen LogP contribution in [0.3, 0.4) is 0 Å². The number of hydrogen-bond donors (Lipinski definition) is 8. The molecule has 0 aliphatic carbocycles. The number of aliphatic hydroxyl groups excluding tert-OH is 3. The van der Waals surface area contributed by atoms with Crippen molar-refractivity contribution in [2.24, 2.45) is 0 Å². The Hall–Kier alpha value is -0.870. The van der Waals surface area contributed by atoms with E-state index in [0.29, 0.717) is 6.08 Å². The molecule has 7 unspecified atom stereocenters. The molecule has 7 atom stereocenters. The predicted octanol–water partition coefficient (Wildman–Crippen LogP) is -5.63. The molecular weight excluding hydrogens is 581 g/mol. The Morgan fingerprint density at radius 3 is 2.08 bits per heavy atom.